The number of amides is 2. The van der Waals surface area contributed by atoms with E-state index in [2.05, 4.69) is 15.8 Å². The lowest BCUT2D eigenvalue weighted by atomic mass is 10.1. The highest BCUT2D eigenvalue weighted by atomic mass is 16.6. The third-order valence-electron chi connectivity index (χ3n) is 3.75. The highest BCUT2D eigenvalue weighted by Gasteiger charge is 2.13. The summed E-state index contributed by atoms with van der Waals surface area (Å²) in [6.45, 7) is 3.45. The second kappa shape index (κ2) is 9.83. The van der Waals surface area contributed by atoms with Gasteiger partial charge in [0.2, 0.25) is 0 Å². The van der Waals surface area contributed by atoms with Crippen molar-refractivity contribution in [2.45, 2.75) is 13.8 Å². The number of ether oxygens (including phenoxy) is 1. The first kappa shape index (κ1) is 21.4. The predicted molar refractivity (Wildman–Crippen MR) is 107 cm³/mol. The van der Waals surface area contributed by atoms with E-state index in [4.69, 9.17) is 9.57 Å². The van der Waals surface area contributed by atoms with Crippen LogP contribution in [0.4, 0.5) is 17.1 Å². The zero-order valence-corrected chi connectivity index (χ0v) is 16.1. The van der Waals surface area contributed by atoms with Crippen molar-refractivity contribution in [3.8, 4) is 5.75 Å². The Balaban J connectivity index is 1.85. The first-order valence-corrected chi connectivity index (χ1v) is 8.46. The second-order valence-electron chi connectivity index (χ2n) is 6.01. The molecule has 0 fully saturated rings. The first-order chi connectivity index (χ1) is 13.8. The lowest BCUT2D eigenvalue weighted by molar-refractivity contribution is -0.384. The van der Waals surface area contributed by atoms with E-state index in [9.17, 15) is 19.7 Å². The number of rotatable bonds is 8. The number of non-ortho nitro benzene ring substituents is 1. The molecule has 0 spiro atoms. The minimum atomic E-state index is -0.660. The molecule has 2 rings (SSSR count). The Bertz CT molecular complexity index is 958. The van der Waals surface area contributed by atoms with Gasteiger partial charge >= 0.3 is 0 Å². The molecular weight excluding hydrogens is 380 g/mol. The number of oxime groups is 1. The van der Waals surface area contributed by atoms with Crippen LogP contribution < -0.4 is 15.4 Å². The molecule has 0 aromatic heterocycles. The molecule has 2 N–H and O–H groups in total. The van der Waals surface area contributed by atoms with E-state index in [0.29, 0.717) is 5.69 Å². The minimum Gasteiger partial charge on any atom is -0.494 e. The zero-order valence-electron chi connectivity index (χ0n) is 16.1. The molecule has 0 saturated heterocycles. The van der Waals surface area contributed by atoms with Crippen LogP contribution in [0.25, 0.3) is 0 Å². The Morgan fingerprint density at radius 1 is 1.14 bits per heavy atom. The van der Waals surface area contributed by atoms with Crippen LogP contribution in [0.3, 0.4) is 0 Å². The largest absolute Gasteiger partial charge is 0.494 e. The van der Waals surface area contributed by atoms with E-state index in [1.165, 1.54) is 25.3 Å². The smallest absolute Gasteiger partial charge is 0.273 e. The fraction of sp³-hybridized carbons (Fsp3) is 0.211. The summed E-state index contributed by atoms with van der Waals surface area (Å²) in [6.07, 6.45) is 0.839. The molecular formula is C19H20N4O6. The zero-order chi connectivity index (χ0) is 21.4. The molecule has 0 aliphatic heterocycles. The Hall–Kier alpha value is -3.95. The molecule has 2 aromatic carbocycles. The predicted octanol–water partition coefficient (Wildman–Crippen LogP) is 2.80. The van der Waals surface area contributed by atoms with Crippen LogP contribution in [0.5, 0.6) is 5.75 Å². The van der Waals surface area contributed by atoms with Crippen molar-refractivity contribution in [2.75, 3.05) is 24.4 Å². The van der Waals surface area contributed by atoms with Crippen molar-refractivity contribution >= 4 is 35.1 Å². The highest BCUT2D eigenvalue weighted by Crippen LogP contribution is 2.28. The maximum absolute atomic E-state index is 11.9. The number of aryl methyl sites for hydroxylation is 2. The molecule has 0 atom stereocenters. The normalized spacial score (nSPS) is 10.4. The van der Waals surface area contributed by atoms with Crippen molar-refractivity contribution in [1.29, 1.82) is 0 Å². The van der Waals surface area contributed by atoms with Gasteiger partial charge in [-0.3, -0.25) is 19.7 Å². The second-order valence-corrected chi connectivity index (χ2v) is 6.01. The van der Waals surface area contributed by atoms with Crippen molar-refractivity contribution < 1.29 is 24.1 Å². The molecule has 0 heterocycles. The number of carbonyl (C=O) groups excluding carboxylic acids is 2. The average molecular weight is 400 g/mol. The molecule has 10 nitrogen and oxygen atoms in total. The number of methoxy groups -OCH3 is 1. The molecule has 0 aliphatic rings. The lowest BCUT2D eigenvalue weighted by Crippen LogP contribution is -2.18. The summed E-state index contributed by atoms with van der Waals surface area (Å²) in [6, 6.07) is 9.34. The molecule has 152 valence electrons. The van der Waals surface area contributed by atoms with E-state index < -0.39 is 16.7 Å². The van der Waals surface area contributed by atoms with Crippen LogP contribution in [0.2, 0.25) is 0 Å². The molecule has 0 radical (unpaired) electrons. The van der Waals surface area contributed by atoms with Gasteiger partial charge in [-0.25, -0.2) is 0 Å². The van der Waals surface area contributed by atoms with Gasteiger partial charge in [0, 0.05) is 11.8 Å². The summed E-state index contributed by atoms with van der Waals surface area (Å²) < 4.78 is 5.02. The molecule has 0 saturated carbocycles. The molecule has 2 amide bonds. The molecule has 10 heteroatoms. The van der Waals surface area contributed by atoms with Crippen molar-refractivity contribution in [3.05, 3.63) is 57.6 Å². The van der Waals surface area contributed by atoms with E-state index >= 15 is 0 Å². The van der Waals surface area contributed by atoms with Crippen LogP contribution >= 0.6 is 0 Å². The number of carbonyl (C=O) groups is 2. The van der Waals surface area contributed by atoms with E-state index in [-0.39, 0.29) is 23.7 Å². The summed E-state index contributed by atoms with van der Waals surface area (Å²) in [5.74, 6) is -0.965. The summed E-state index contributed by atoms with van der Waals surface area (Å²) in [5, 5.41) is 19.3. The van der Waals surface area contributed by atoms with Crippen LogP contribution in [-0.2, 0) is 14.4 Å². The number of nitro groups is 1. The Morgan fingerprint density at radius 2 is 1.86 bits per heavy atom. The van der Waals surface area contributed by atoms with Gasteiger partial charge in [-0.15, -0.1) is 0 Å². The molecule has 0 bridgehead atoms. The van der Waals surface area contributed by atoms with Gasteiger partial charge in [-0.05, 0) is 31.5 Å². The average Bonchev–Trinajstić information content (AvgIpc) is 2.67. The van der Waals surface area contributed by atoms with Crippen LogP contribution in [0.1, 0.15) is 11.1 Å². The fourth-order valence-electron chi connectivity index (χ4n) is 2.38. The SMILES string of the molecule is COc1cc([N+](=O)[O-])ccc1NC(=O)/C=N\OCC(=O)Nc1ccc(C)cc1C. The fourth-order valence-corrected chi connectivity index (χ4v) is 2.38. The quantitative estimate of drug-likeness (QED) is 0.398. The monoisotopic (exact) mass is 400 g/mol. The molecule has 0 aliphatic carbocycles. The van der Waals surface area contributed by atoms with Gasteiger partial charge in [-0.1, -0.05) is 22.9 Å². The molecule has 29 heavy (non-hydrogen) atoms. The highest BCUT2D eigenvalue weighted by molar-refractivity contribution is 6.31. The minimum absolute atomic E-state index is 0.120. The van der Waals surface area contributed by atoms with Gasteiger partial charge in [0.25, 0.3) is 17.5 Å². The van der Waals surface area contributed by atoms with E-state index in [1.807, 2.05) is 26.0 Å². The molecule has 0 unspecified atom stereocenters. The third-order valence-corrected chi connectivity index (χ3v) is 3.75. The number of hydrogen-bond donors (Lipinski definition) is 2. The van der Waals surface area contributed by atoms with Gasteiger partial charge in [0.05, 0.1) is 23.8 Å². The Kier molecular flexibility index (Phi) is 7.24. The maximum atomic E-state index is 11.9. The number of benzene rings is 2. The number of hydrogen-bond acceptors (Lipinski definition) is 7. The van der Waals surface area contributed by atoms with E-state index in [0.717, 1.165) is 17.3 Å². The summed E-state index contributed by atoms with van der Waals surface area (Å²) in [4.78, 5) is 38.8. The van der Waals surface area contributed by atoms with Gasteiger partial charge in [-0.2, -0.15) is 0 Å². The van der Waals surface area contributed by atoms with Crippen molar-refractivity contribution in [2.24, 2.45) is 5.16 Å². The Labute approximate surface area is 166 Å². The number of nitro benzene ring substituents is 1. The first-order valence-electron chi connectivity index (χ1n) is 8.46. The summed E-state index contributed by atoms with van der Waals surface area (Å²) in [5.41, 5.74) is 2.71. The maximum Gasteiger partial charge on any atom is 0.273 e. The van der Waals surface area contributed by atoms with E-state index in [1.54, 1.807) is 6.07 Å². The van der Waals surface area contributed by atoms with Crippen molar-refractivity contribution in [1.82, 2.24) is 0 Å². The lowest BCUT2D eigenvalue weighted by Gasteiger charge is -2.09. The Morgan fingerprint density at radius 3 is 2.52 bits per heavy atom. The van der Waals surface area contributed by atoms with Gasteiger partial charge in [0.1, 0.15) is 12.0 Å². The van der Waals surface area contributed by atoms with Crippen LogP contribution in [0, 0.1) is 24.0 Å². The summed E-state index contributed by atoms with van der Waals surface area (Å²) >= 11 is 0. The number of nitrogens with zero attached hydrogens (tertiary/aromatic N) is 2. The van der Waals surface area contributed by atoms with Crippen LogP contribution in [0.15, 0.2) is 41.6 Å². The number of anilines is 2. The van der Waals surface area contributed by atoms with Crippen LogP contribution in [-0.4, -0.2) is 36.7 Å². The summed E-state index contributed by atoms with van der Waals surface area (Å²) in [7, 11) is 1.32. The number of nitrogens with one attached hydrogen (secondary N) is 2. The van der Waals surface area contributed by atoms with Gasteiger partial charge < -0.3 is 20.2 Å². The third kappa shape index (κ3) is 6.31. The molecule has 2 aromatic rings. The topological polar surface area (TPSA) is 132 Å². The van der Waals surface area contributed by atoms with Gasteiger partial charge in [0.15, 0.2) is 6.61 Å². The standard InChI is InChI=1S/C19H20N4O6/c1-12-4-6-15(13(2)8-12)21-19(25)11-29-20-10-18(24)22-16-7-5-14(23(26)27)9-17(16)28-3/h4-10H,11H2,1-3H3,(H,21,25)(H,22,24)/b20-10-. The van der Waals surface area contributed by atoms with Crippen molar-refractivity contribution in [3.63, 3.8) is 0 Å².